The lowest BCUT2D eigenvalue weighted by atomic mass is 9.85. The summed E-state index contributed by atoms with van der Waals surface area (Å²) in [6, 6.07) is 15.7. The first-order chi connectivity index (χ1) is 11.9. The molecule has 0 saturated heterocycles. The maximum atomic E-state index is 12.1. The van der Waals surface area contributed by atoms with E-state index >= 15 is 0 Å². The van der Waals surface area contributed by atoms with E-state index in [0.29, 0.717) is 5.71 Å². The number of aryl methyl sites for hydroxylation is 1. The number of primary amides is 1. The fourth-order valence-electron chi connectivity index (χ4n) is 2.93. The number of hydrogen-bond donors (Lipinski definition) is 2. The summed E-state index contributed by atoms with van der Waals surface area (Å²) < 4.78 is 0. The molecule has 1 aliphatic heterocycles. The topological polar surface area (TPSA) is 79.8 Å². The highest BCUT2D eigenvalue weighted by Gasteiger charge is 2.30. The Hall–Kier alpha value is -2.95. The maximum absolute atomic E-state index is 12.1. The smallest absolute Gasteiger partial charge is 0.271 e. The van der Waals surface area contributed by atoms with Crippen LogP contribution in [0.25, 0.3) is 0 Å². The Labute approximate surface area is 147 Å². The number of hydrogen-bond acceptors (Lipinski definition) is 4. The summed E-state index contributed by atoms with van der Waals surface area (Å²) >= 11 is 0. The predicted molar refractivity (Wildman–Crippen MR) is 102 cm³/mol. The highest BCUT2D eigenvalue weighted by Crippen LogP contribution is 2.27. The molecule has 2 aromatic rings. The summed E-state index contributed by atoms with van der Waals surface area (Å²) in [5.74, 6) is -0.606. The van der Waals surface area contributed by atoms with Gasteiger partial charge in [0.25, 0.3) is 5.91 Å². The molecule has 1 amide bonds. The summed E-state index contributed by atoms with van der Waals surface area (Å²) in [7, 11) is 0. The molecule has 3 N–H and O–H groups in total. The number of nitrogens with two attached hydrogens (primary N) is 1. The molecule has 5 heteroatoms. The third-order valence-electron chi connectivity index (χ3n) is 4.12. The third-order valence-corrected chi connectivity index (χ3v) is 4.12. The third kappa shape index (κ3) is 3.76. The van der Waals surface area contributed by atoms with Gasteiger partial charge in [-0.25, -0.2) is 0 Å². The summed E-state index contributed by atoms with van der Waals surface area (Å²) in [4.78, 5) is 16.8. The fourth-order valence-corrected chi connectivity index (χ4v) is 2.93. The van der Waals surface area contributed by atoms with E-state index in [0.717, 1.165) is 28.8 Å². The molecule has 1 aliphatic rings. The Morgan fingerprint density at radius 3 is 2.52 bits per heavy atom. The van der Waals surface area contributed by atoms with E-state index in [9.17, 15) is 4.79 Å². The number of nitrogens with zero attached hydrogens (tertiary/aromatic N) is 2. The zero-order chi connectivity index (χ0) is 18.0. The van der Waals surface area contributed by atoms with E-state index in [1.54, 1.807) is 0 Å². The molecule has 0 bridgehead atoms. The molecule has 25 heavy (non-hydrogen) atoms. The van der Waals surface area contributed by atoms with Gasteiger partial charge in [-0.2, -0.15) is 5.10 Å². The molecule has 1 heterocycles. The molecule has 0 fully saturated rings. The second-order valence-corrected chi connectivity index (χ2v) is 6.91. The van der Waals surface area contributed by atoms with Gasteiger partial charge in [0.1, 0.15) is 0 Å². The molecule has 5 nitrogen and oxygen atoms in total. The van der Waals surface area contributed by atoms with Crippen molar-refractivity contribution in [1.29, 1.82) is 0 Å². The van der Waals surface area contributed by atoms with E-state index in [2.05, 4.69) is 16.6 Å². The van der Waals surface area contributed by atoms with E-state index in [1.807, 2.05) is 63.2 Å². The molecule has 2 aromatic carbocycles. The largest absolute Gasteiger partial charge is 0.364 e. The number of nitrogens with one attached hydrogen (secondary N) is 1. The molecular formula is C20H22N4O. The Morgan fingerprint density at radius 2 is 1.84 bits per heavy atom. The van der Waals surface area contributed by atoms with E-state index < -0.39 is 5.91 Å². The van der Waals surface area contributed by atoms with Crippen LogP contribution in [0.2, 0.25) is 0 Å². The van der Waals surface area contributed by atoms with Crippen molar-refractivity contribution < 1.29 is 4.79 Å². The highest BCUT2D eigenvalue weighted by atomic mass is 16.1. The van der Waals surface area contributed by atoms with Crippen LogP contribution in [0, 0.1) is 6.92 Å². The second-order valence-electron chi connectivity index (χ2n) is 6.91. The molecule has 0 aliphatic carbocycles. The lowest BCUT2D eigenvalue weighted by molar-refractivity contribution is -0.111. The minimum absolute atomic E-state index is 0.140. The van der Waals surface area contributed by atoms with Gasteiger partial charge in [0, 0.05) is 5.56 Å². The van der Waals surface area contributed by atoms with Crippen molar-refractivity contribution in [3.8, 4) is 0 Å². The summed E-state index contributed by atoms with van der Waals surface area (Å²) in [6.07, 6.45) is 0.810. The number of aliphatic imine (C=N–C) groups is 1. The standard InChI is InChI=1S/C20H22N4O/c1-13-8-10-15(11-9-13)23-24-18(19(21)25)17-16-7-5-4-6-14(16)12-20(2,3)22-17/h4-11,23H,12H2,1-3H3,(H2,21,25). The van der Waals surface area contributed by atoms with Gasteiger partial charge in [0.15, 0.2) is 5.71 Å². The van der Waals surface area contributed by atoms with Crippen molar-refractivity contribution in [3.63, 3.8) is 0 Å². The van der Waals surface area contributed by atoms with Crippen LogP contribution in [0.15, 0.2) is 58.6 Å². The predicted octanol–water partition coefficient (Wildman–Crippen LogP) is 3.07. The van der Waals surface area contributed by atoms with Crippen molar-refractivity contribution in [1.82, 2.24) is 0 Å². The molecule has 0 radical (unpaired) electrons. The van der Waals surface area contributed by atoms with E-state index in [4.69, 9.17) is 10.7 Å². The number of amides is 1. The first-order valence-corrected chi connectivity index (χ1v) is 8.24. The molecule has 0 aromatic heterocycles. The zero-order valence-corrected chi connectivity index (χ0v) is 14.7. The second kappa shape index (κ2) is 6.51. The van der Waals surface area contributed by atoms with Gasteiger partial charge in [-0.05, 0) is 44.9 Å². The average molecular weight is 334 g/mol. The van der Waals surface area contributed by atoms with Crippen LogP contribution in [0.4, 0.5) is 5.69 Å². The number of anilines is 1. The number of benzene rings is 2. The number of fused-ring (bicyclic) bond motifs is 1. The van der Waals surface area contributed by atoms with Gasteiger partial charge >= 0.3 is 0 Å². The lowest BCUT2D eigenvalue weighted by Crippen LogP contribution is -2.38. The number of hydrazone groups is 1. The van der Waals surface area contributed by atoms with Crippen LogP contribution in [0.5, 0.6) is 0 Å². The van der Waals surface area contributed by atoms with E-state index in [1.165, 1.54) is 0 Å². The molecular weight excluding hydrogens is 312 g/mol. The monoisotopic (exact) mass is 334 g/mol. The zero-order valence-electron chi connectivity index (χ0n) is 14.7. The van der Waals surface area contributed by atoms with Gasteiger partial charge in [-0.1, -0.05) is 42.0 Å². The maximum Gasteiger partial charge on any atom is 0.271 e. The molecule has 0 unspecified atom stereocenters. The summed E-state index contributed by atoms with van der Waals surface area (Å²) in [5, 5.41) is 4.27. The molecule has 0 saturated carbocycles. The van der Waals surface area contributed by atoms with Gasteiger partial charge in [-0.3, -0.25) is 15.2 Å². The van der Waals surface area contributed by atoms with Crippen molar-refractivity contribution >= 4 is 23.0 Å². The van der Waals surface area contributed by atoms with Gasteiger partial charge in [0.2, 0.25) is 0 Å². The first kappa shape index (κ1) is 16.9. The van der Waals surface area contributed by atoms with Crippen molar-refractivity contribution in [3.05, 3.63) is 65.2 Å². The quantitative estimate of drug-likeness (QED) is 0.665. The fraction of sp³-hybridized carbons (Fsp3) is 0.250. The Bertz CT molecular complexity index is 864. The van der Waals surface area contributed by atoms with Gasteiger partial charge in [-0.15, -0.1) is 0 Å². The number of carbonyl (C=O) groups is 1. The van der Waals surface area contributed by atoms with Gasteiger partial charge in [0.05, 0.1) is 16.9 Å². The minimum atomic E-state index is -0.606. The Morgan fingerprint density at radius 1 is 1.16 bits per heavy atom. The van der Waals surface area contributed by atoms with Crippen molar-refractivity contribution in [2.75, 3.05) is 5.43 Å². The molecule has 128 valence electrons. The SMILES string of the molecule is Cc1ccc(NN=C(C(N)=O)C2=NC(C)(C)Cc3ccccc32)cc1. The first-order valence-electron chi connectivity index (χ1n) is 8.24. The average Bonchev–Trinajstić information content (AvgIpc) is 2.55. The summed E-state index contributed by atoms with van der Waals surface area (Å²) in [5.41, 5.74) is 12.9. The van der Waals surface area contributed by atoms with Crippen molar-refractivity contribution in [2.45, 2.75) is 32.7 Å². The molecule has 3 rings (SSSR count). The van der Waals surface area contributed by atoms with Crippen LogP contribution in [0.1, 0.15) is 30.5 Å². The summed E-state index contributed by atoms with van der Waals surface area (Å²) in [6.45, 7) is 6.08. The van der Waals surface area contributed by atoms with Crippen LogP contribution in [-0.4, -0.2) is 22.9 Å². The van der Waals surface area contributed by atoms with Crippen LogP contribution in [-0.2, 0) is 11.2 Å². The lowest BCUT2D eigenvalue weighted by Gasteiger charge is -2.28. The van der Waals surface area contributed by atoms with Crippen LogP contribution >= 0.6 is 0 Å². The highest BCUT2D eigenvalue weighted by molar-refractivity contribution is 6.70. The Balaban J connectivity index is 2.02. The van der Waals surface area contributed by atoms with Gasteiger partial charge < -0.3 is 5.73 Å². The minimum Gasteiger partial charge on any atom is -0.364 e. The Kier molecular flexibility index (Phi) is 4.40. The molecule has 0 spiro atoms. The number of carbonyl (C=O) groups excluding carboxylic acids is 1. The normalized spacial score (nSPS) is 16.0. The van der Waals surface area contributed by atoms with Crippen molar-refractivity contribution in [2.24, 2.45) is 15.8 Å². The van der Waals surface area contributed by atoms with Crippen LogP contribution in [0.3, 0.4) is 0 Å². The van der Waals surface area contributed by atoms with E-state index in [-0.39, 0.29) is 11.3 Å². The van der Waals surface area contributed by atoms with Crippen LogP contribution < -0.4 is 11.2 Å². The number of rotatable bonds is 4. The molecule has 0 atom stereocenters.